The van der Waals surface area contributed by atoms with E-state index in [9.17, 15) is 4.79 Å². The lowest BCUT2D eigenvalue weighted by atomic mass is 9.91. The molecule has 0 fully saturated rings. The molecule has 0 heterocycles. The minimum absolute atomic E-state index is 0.00692. The Balaban J connectivity index is 1.18. The van der Waals surface area contributed by atoms with Crippen LogP contribution in [-0.4, -0.2) is 12.9 Å². The molecule has 0 aliphatic heterocycles. The topological polar surface area (TPSA) is 26.3 Å². The van der Waals surface area contributed by atoms with E-state index in [0.29, 0.717) is 11.1 Å². The van der Waals surface area contributed by atoms with Crippen molar-refractivity contribution >= 4 is 5.78 Å². The number of fused-ring (bicyclic) bond motifs is 6. The molecule has 0 aromatic heterocycles. The van der Waals surface area contributed by atoms with Crippen LogP contribution in [0, 0.1) is 0 Å². The van der Waals surface area contributed by atoms with Crippen LogP contribution in [0.25, 0.3) is 44.5 Å². The molecule has 0 radical (unpaired) electrons. The minimum Gasteiger partial charge on any atom is -0.496 e. The van der Waals surface area contributed by atoms with E-state index in [0.717, 1.165) is 35.3 Å². The van der Waals surface area contributed by atoms with Crippen LogP contribution in [0.3, 0.4) is 0 Å². The summed E-state index contributed by atoms with van der Waals surface area (Å²) in [6.45, 7) is 0. The van der Waals surface area contributed by atoms with Crippen molar-refractivity contribution in [2.75, 3.05) is 7.11 Å². The molecule has 6 aromatic rings. The van der Waals surface area contributed by atoms with Crippen LogP contribution in [0.1, 0.15) is 38.2 Å². The number of methoxy groups -OCH3 is 1. The van der Waals surface area contributed by atoms with Crippen molar-refractivity contribution < 1.29 is 9.53 Å². The summed E-state index contributed by atoms with van der Waals surface area (Å²) >= 11 is 0. The molecule has 2 aliphatic carbocycles. The first-order valence-electron chi connectivity index (χ1n) is 14.4. The van der Waals surface area contributed by atoms with E-state index in [-0.39, 0.29) is 5.78 Å². The van der Waals surface area contributed by atoms with Crippen LogP contribution >= 0.6 is 0 Å². The van der Waals surface area contributed by atoms with Gasteiger partial charge in [-0.05, 0) is 98.3 Å². The van der Waals surface area contributed by atoms with E-state index in [2.05, 4.69) is 91.0 Å². The Bertz CT molecular complexity index is 2050. The lowest BCUT2D eigenvalue weighted by molar-refractivity contribution is 0.103. The van der Waals surface area contributed by atoms with Gasteiger partial charge in [0.05, 0.1) is 7.11 Å². The van der Waals surface area contributed by atoms with Crippen molar-refractivity contribution in [1.29, 1.82) is 0 Å². The molecule has 2 aliphatic rings. The highest BCUT2D eigenvalue weighted by molar-refractivity contribution is 6.10. The molecule has 6 aromatic carbocycles. The number of ether oxygens (including phenoxy) is 1. The third kappa shape index (κ3) is 3.83. The van der Waals surface area contributed by atoms with Crippen molar-refractivity contribution in [2.45, 2.75) is 12.8 Å². The maximum atomic E-state index is 14.0. The second-order valence-electron chi connectivity index (χ2n) is 11.2. The smallest absolute Gasteiger partial charge is 0.193 e. The Labute approximate surface area is 245 Å². The van der Waals surface area contributed by atoms with E-state index < -0.39 is 0 Å². The predicted molar refractivity (Wildman–Crippen MR) is 170 cm³/mol. The summed E-state index contributed by atoms with van der Waals surface area (Å²) in [6.07, 6.45) is 1.78. The number of benzene rings is 6. The highest BCUT2D eigenvalue weighted by atomic mass is 16.5. The van der Waals surface area contributed by atoms with Crippen LogP contribution in [0.15, 0.2) is 127 Å². The van der Waals surface area contributed by atoms with Crippen LogP contribution in [-0.2, 0) is 12.8 Å². The van der Waals surface area contributed by atoms with E-state index in [4.69, 9.17) is 4.74 Å². The van der Waals surface area contributed by atoms with Gasteiger partial charge in [-0.3, -0.25) is 4.79 Å². The van der Waals surface area contributed by atoms with Gasteiger partial charge < -0.3 is 4.74 Å². The fourth-order valence-corrected chi connectivity index (χ4v) is 6.89. The molecule has 8 rings (SSSR count). The lowest BCUT2D eigenvalue weighted by Gasteiger charge is -2.15. The van der Waals surface area contributed by atoms with Gasteiger partial charge in [-0.15, -0.1) is 0 Å². The maximum absolute atomic E-state index is 14.0. The number of rotatable bonds is 5. The van der Waals surface area contributed by atoms with Crippen molar-refractivity contribution in [3.8, 4) is 50.3 Å². The Morgan fingerprint density at radius 2 is 1.02 bits per heavy atom. The van der Waals surface area contributed by atoms with E-state index in [1.165, 1.54) is 50.1 Å². The monoisotopic (exact) mass is 540 g/mol. The third-order valence-electron chi connectivity index (χ3n) is 8.89. The van der Waals surface area contributed by atoms with Gasteiger partial charge in [-0.2, -0.15) is 0 Å². The van der Waals surface area contributed by atoms with Crippen molar-refractivity contribution in [3.63, 3.8) is 0 Å². The highest BCUT2D eigenvalue weighted by Gasteiger charge is 2.24. The largest absolute Gasteiger partial charge is 0.496 e. The van der Waals surface area contributed by atoms with E-state index >= 15 is 0 Å². The van der Waals surface area contributed by atoms with Crippen LogP contribution in [0.4, 0.5) is 0 Å². The first kappa shape index (κ1) is 24.6. The molecule has 0 saturated heterocycles. The van der Waals surface area contributed by atoms with Gasteiger partial charge in [0.2, 0.25) is 0 Å². The zero-order chi connectivity index (χ0) is 28.2. The molecule has 0 saturated carbocycles. The van der Waals surface area contributed by atoms with E-state index in [1.54, 1.807) is 7.11 Å². The molecule has 2 heteroatoms. The summed E-state index contributed by atoms with van der Waals surface area (Å²) in [5, 5.41) is 0. The number of ketones is 1. The second kappa shape index (κ2) is 9.71. The van der Waals surface area contributed by atoms with Crippen molar-refractivity contribution in [3.05, 3.63) is 161 Å². The van der Waals surface area contributed by atoms with Gasteiger partial charge in [-0.1, -0.05) is 103 Å². The summed E-state index contributed by atoms with van der Waals surface area (Å²) in [5.74, 6) is 0.775. The molecule has 42 heavy (non-hydrogen) atoms. The number of carbonyl (C=O) groups excluding carboxylic acids is 1. The van der Waals surface area contributed by atoms with Gasteiger partial charge in [0, 0.05) is 16.7 Å². The van der Waals surface area contributed by atoms with Gasteiger partial charge in [0.1, 0.15) is 5.75 Å². The normalized spacial score (nSPS) is 12.3. The zero-order valence-corrected chi connectivity index (χ0v) is 23.4. The Hall–Kier alpha value is -5.21. The number of hydrogen-bond acceptors (Lipinski definition) is 2. The van der Waals surface area contributed by atoms with Gasteiger partial charge in [0.15, 0.2) is 5.78 Å². The minimum atomic E-state index is 0.00692. The molecule has 0 N–H and O–H groups in total. The summed E-state index contributed by atoms with van der Waals surface area (Å²) in [7, 11) is 1.69. The van der Waals surface area contributed by atoms with Crippen molar-refractivity contribution in [1.82, 2.24) is 0 Å². The molecule has 200 valence electrons. The molecule has 0 bridgehead atoms. The molecule has 0 spiro atoms. The molecular formula is C40H28O2. The Morgan fingerprint density at radius 1 is 0.500 bits per heavy atom. The average molecular weight is 541 g/mol. The molecule has 2 nitrogen and oxygen atoms in total. The summed E-state index contributed by atoms with van der Waals surface area (Å²) < 4.78 is 5.81. The zero-order valence-electron chi connectivity index (χ0n) is 23.4. The number of hydrogen-bond donors (Lipinski definition) is 0. The standard InChI is InChI=1S/C40H28O2/c1-42-39-20-19-29(24-38(39)35-18-8-17-34-31-14-5-3-10-27(31)23-37(34)35)40(41)28-12-6-11-25(21-28)32-15-7-16-33-30-13-4-2-9-26(30)22-36(32)33/h2-21,24H,22-23H2,1H3. The van der Waals surface area contributed by atoms with Crippen LogP contribution in [0.5, 0.6) is 5.75 Å². The van der Waals surface area contributed by atoms with Gasteiger partial charge in [-0.25, -0.2) is 0 Å². The fourth-order valence-electron chi connectivity index (χ4n) is 6.89. The Morgan fingerprint density at radius 3 is 1.69 bits per heavy atom. The van der Waals surface area contributed by atoms with Gasteiger partial charge in [0.25, 0.3) is 0 Å². The Kier molecular flexibility index (Phi) is 5.68. The fraction of sp³-hybridized carbons (Fsp3) is 0.0750. The SMILES string of the molecule is COc1ccc(C(=O)c2cccc(-c3cccc4c3Cc3ccccc3-4)c2)cc1-c1cccc2c1Cc1ccccc1-2. The van der Waals surface area contributed by atoms with E-state index in [1.807, 2.05) is 36.4 Å². The van der Waals surface area contributed by atoms with Crippen LogP contribution < -0.4 is 4.74 Å². The summed E-state index contributed by atoms with van der Waals surface area (Å²) in [4.78, 5) is 14.0. The predicted octanol–water partition coefficient (Wildman–Crippen LogP) is 9.40. The first-order valence-corrected chi connectivity index (χ1v) is 14.4. The molecular weight excluding hydrogens is 512 g/mol. The van der Waals surface area contributed by atoms with Crippen LogP contribution in [0.2, 0.25) is 0 Å². The average Bonchev–Trinajstić information content (AvgIpc) is 3.63. The first-order chi connectivity index (χ1) is 20.7. The lowest BCUT2D eigenvalue weighted by Crippen LogP contribution is -2.03. The second-order valence-corrected chi connectivity index (χ2v) is 11.2. The summed E-state index contributed by atoms with van der Waals surface area (Å²) in [5.41, 5.74) is 16.1. The third-order valence-corrected chi connectivity index (χ3v) is 8.89. The maximum Gasteiger partial charge on any atom is 0.193 e. The summed E-state index contributed by atoms with van der Waals surface area (Å²) in [6, 6.07) is 44.0. The molecule has 0 amide bonds. The highest BCUT2D eigenvalue weighted by Crippen LogP contribution is 2.44. The number of carbonyl (C=O) groups is 1. The molecule has 0 unspecified atom stereocenters. The van der Waals surface area contributed by atoms with Crippen molar-refractivity contribution in [2.24, 2.45) is 0 Å². The van der Waals surface area contributed by atoms with Gasteiger partial charge >= 0.3 is 0 Å². The molecule has 0 atom stereocenters. The quantitative estimate of drug-likeness (QED) is 0.203.